The van der Waals surface area contributed by atoms with Crippen molar-refractivity contribution in [2.75, 3.05) is 11.1 Å². The van der Waals surface area contributed by atoms with Crippen molar-refractivity contribution in [3.63, 3.8) is 0 Å². The minimum absolute atomic E-state index is 0.103. The highest BCUT2D eigenvalue weighted by molar-refractivity contribution is 5.90. The van der Waals surface area contributed by atoms with Crippen LogP contribution in [0.2, 0.25) is 0 Å². The Morgan fingerprint density at radius 3 is 2.69 bits per heavy atom. The largest absolute Gasteiger partial charge is 0.383 e. The normalized spacial score (nSPS) is 13.7. The average molecular weight is 476 g/mol. The van der Waals surface area contributed by atoms with Gasteiger partial charge >= 0.3 is 6.03 Å². The first kappa shape index (κ1) is 22.4. The Labute approximate surface area is 199 Å². The van der Waals surface area contributed by atoms with Gasteiger partial charge in [-0.25, -0.2) is 18.6 Å². The number of anilines is 2. The van der Waals surface area contributed by atoms with Gasteiger partial charge in [0.2, 0.25) is 0 Å². The zero-order valence-corrected chi connectivity index (χ0v) is 18.6. The number of nitrogens with two attached hydrogens (primary N) is 1. The smallest absolute Gasteiger partial charge is 0.319 e. The molecule has 1 aliphatic carbocycles. The Hall–Kier alpha value is -4.41. The first-order chi connectivity index (χ1) is 17.0. The summed E-state index contributed by atoms with van der Waals surface area (Å²) in [6.07, 6.45) is 5.82. The number of nitrogens with zero attached hydrogens (tertiary/aromatic N) is 5. The fraction of sp³-hybridized carbons (Fsp3) is 0.208. The van der Waals surface area contributed by atoms with Crippen LogP contribution in [-0.4, -0.2) is 37.3 Å². The number of aromatic nitrogens is 5. The minimum Gasteiger partial charge on any atom is -0.383 e. The fourth-order valence-corrected chi connectivity index (χ4v) is 4.18. The predicted molar refractivity (Wildman–Crippen MR) is 127 cm³/mol. The Balaban J connectivity index is 1.44. The van der Waals surface area contributed by atoms with Crippen LogP contribution in [0.5, 0.6) is 0 Å². The van der Waals surface area contributed by atoms with Gasteiger partial charge in [0.15, 0.2) is 17.5 Å². The lowest BCUT2D eigenvalue weighted by Crippen LogP contribution is -2.36. The molecule has 0 saturated heterocycles. The number of carbonyl (C=O) groups excluding carboxylic acids is 1. The van der Waals surface area contributed by atoms with Gasteiger partial charge in [-0.05, 0) is 59.2 Å². The third kappa shape index (κ3) is 4.65. The van der Waals surface area contributed by atoms with Gasteiger partial charge in [-0.15, -0.1) is 5.10 Å². The van der Waals surface area contributed by atoms with Crippen molar-refractivity contribution in [1.82, 2.24) is 30.5 Å². The molecule has 0 aliphatic heterocycles. The highest BCUT2D eigenvalue weighted by Gasteiger charge is 2.20. The predicted octanol–water partition coefficient (Wildman–Crippen LogP) is 4.32. The number of urea groups is 1. The van der Waals surface area contributed by atoms with Gasteiger partial charge in [0.05, 0.1) is 5.56 Å². The topological polar surface area (TPSA) is 124 Å². The molecule has 35 heavy (non-hydrogen) atoms. The lowest BCUT2D eigenvalue weighted by molar-refractivity contribution is 0.248. The second-order valence-corrected chi connectivity index (χ2v) is 8.30. The van der Waals surface area contributed by atoms with Crippen LogP contribution in [-0.2, 0) is 0 Å². The van der Waals surface area contributed by atoms with Crippen LogP contribution in [0.25, 0.3) is 28.2 Å². The third-order valence-corrected chi connectivity index (χ3v) is 5.93. The number of rotatable bonds is 5. The van der Waals surface area contributed by atoms with Crippen LogP contribution >= 0.6 is 0 Å². The number of hydrogen-bond acceptors (Lipinski definition) is 6. The highest BCUT2D eigenvalue weighted by atomic mass is 19.2. The van der Waals surface area contributed by atoms with Gasteiger partial charge in [0.1, 0.15) is 11.5 Å². The lowest BCUT2D eigenvalue weighted by Gasteiger charge is -2.14. The quantitative estimate of drug-likeness (QED) is 0.394. The molecule has 0 bridgehead atoms. The van der Waals surface area contributed by atoms with Crippen LogP contribution in [0.15, 0.2) is 54.7 Å². The second-order valence-electron chi connectivity index (χ2n) is 8.30. The van der Waals surface area contributed by atoms with Crippen molar-refractivity contribution < 1.29 is 13.6 Å². The van der Waals surface area contributed by atoms with Crippen molar-refractivity contribution >= 4 is 17.5 Å². The first-order valence-corrected chi connectivity index (χ1v) is 11.2. The summed E-state index contributed by atoms with van der Waals surface area (Å²) in [7, 11) is 0. The van der Waals surface area contributed by atoms with E-state index in [1.165, 1.54) is 12.1 Å². The molecule has 0 spiro atoms. The zero-order chi connectivity index (χ0) is 24.4. The van der Waals surface area contributed by atoms with Gasteiger partial charge < -0.3 is 16.4 Å². The third-order valence-electron chi connectivity index (χ3n) is 5.93. The monoisotopic (exact) mass is 476 g/mol. The molecular weight excluding hydrogens is 454 g/mol. The Morgan fingerprint density at radius 1 is 1.06 bits per heavy atom. The van der Waals surface area contributed by atoms with E-state index in [0.29, 0.717) is 16.8 Å². The van der Waals surface area contributed by atoms with E-state index in [9.17, 15) is 13.6 Å². The molecule has 0 radical (unpaired) electrons. The summed E-state index contributed by atoms with van der Waals surface area (Å²) in [5.41, 5.74) is 8.32. The van der Waals surface area contributed by atoms with E-state index in [1.807, 2.05) is 12.1 Å². The minimum atomic E-state index is -1.08. The van der Waals surface area contributed by atoms with E-state index >= 15 is 0 Å². The molecule has 2 aromatic carbocycles. The Kier molecular flexibility index (Phi) is 6.04. The molecule has 9 nitrogen and oxygen atoms in total. The zero-order valence-electron chi connectivity index (χ0n) is 18.6. The number of carbonyl (C=O) groups is 1. The van der Waals surface area contributed by atoms with Gasteiger partial charge in [0, 0.05) is 23.5 Å². The van der Waals surface area contributed by atoms with Crippen LogP contribution < -0.4 is 16.4 Å². The number of amides is 2. The number of nitrogen functional groups attached to an aromatic ring is 1. The summed E-state index contributed by atoms with van der Waals surface area (Å²) in [6.45, 7) is 0. The molecule has 11 heteroatoms. The molecule has 178 valence electrons. The fourth-order valence-electron chi connectivity index (χ4n) is 4.18. The summed E-state index contributed by atoms with van der Waals surface area (Å²) >= 11 is 0. The van der Waals surface area contributed by atoms with E-state index in [4.69, 9.17) is 5.73 Å². The van der Waals surface area contributed by atoms with E-state index in [1.54, 1.807) is 24.4 Å². The van der Waals surface area contributed by atoms with E-state index < -0.39 is 11.6 Å². The maximum absolute atomic E-state index is 14.4. The van der Waals surface area contributed by atoms with Crippen molar-refractivity contribution in [2.24, 2.45) is 0 Å². The summed E-state index contributed by atoms with van der Waals surface area (Å²) in [4.78, 5) is 16.6. The number of nitrogens with one attached hydrogen (secondary N) is 2. The van der Waals surface area contributed by atoms with Crippen LogP contribution in [0.4, 0.5) is 25.1 Å². The molecule has 0 unspecified atom stereocenters. The van der Waals surface area contributed by atoms with Gasteiger partial charge in [-0.1, -0.05) is 31.0 Å². The molecule has 5 rings (SSSR count). The molecule has 1 saturated carbocycles. The van der Waals surface area contributed by atoms with Crippen molar-refractivity contribution in [2.45, 2.75) is 31.7 Å². The summed E-state index contributed by atoms with van der Waals surface area (Å²) < 4.78 is 29.3. The number of hydrogen-bond donors (Lipinski definition) is 3. The van der Waals surface area contributed by atoms with Gasteiger partial charge in [0.25, 0.3) is 0 Å². The standard InChI is InChI=1S/C24H22F2N8O/c25-19-9-4-10-20(21(19)26)34-23(31-32-33-34)18-12-15(13-28-22(18)27)14-5-3-8-17(11-14)30-24(35)29-16-6-1-2-7-16/h3-5,8-13,16H,1-2,6-7H2,(H2,27,28)(H2,29,30,35). The van der Waals surface area contributed by atoms with Crippen molar-refractivity contribution in [3.05, 3.63) is 66.4 Å². The molecule has 2 heterocycles. The van der Waals surface area contributed by atoms with Crippen molar-refractivity contribution in [3.8, 4) is 28.2 Å². The molecule has 2 aromatic heterocycles. The molecule has 4 aromatic rings. The summed E-state index contributed by atoms with van der Waals surface area (Å²) in [5, 5.41) is 17.2. The Bertz CT molecular complexity index is 1380. The van der Waals surface area contributed by atoms with Gasteiger partial charge in [-0.2, -0.15) is 4.68 Å². The molecule has 4 N–H and O–H groups in total. The maximum Gasteiger partial charge on any atom is 0.319 e. The highest BCUT2D eigenvalue weighted by Crippen LogP contribution is 2.31. The maximum atomic E-state index is 14.4. The SMILES string of the molecule is Nc1ncc(-c2cccc(NC(=O)NC3CCCC3)c2)cc1-c1nnnn1-c1cccc(F)c1F. The summed E-state index contributed by atoms with van der Waals surface area (Å²) in [5.74, 6) is -1.89. The number of pyridine rings is 1. The van der Waals surface area contributed by atoms with Crippen LogP contribution in [0.1, 0.15) is 25.7 Å². The lowest BCUT2D eigenvalue weighted by atomic mass is 10.0. The van der Waals surface area contributed by atoms with Crippen molar-refractivity contribution in [1.29, 1.82) is 0 Å². The molecule has 1 aliphatic rings. The number of tetrazole rings is 1. The Morgan fingerprint density at radius 2 is 1.86 bits per heavy atom. The number of benzene rings is 2. The molecule has 0 atom stereocenters. The average Bonchev–Trinajstić information content (AvgIpc) is 3.54. The van der Waals surface area contributed by atoms with Crippen LogP contribution in [0, 0.1) is 11.6 Å². The van der Waals surface area contributed by atoms with E-state index in [2.05, 4.69) is 31.1 Å². The molecule has 2 amide bonds. The van der Waals surface area contributed by atoms with Crippen LogP contribution in [0.3, 0.4) is 0 Å². The molecule has 1 fully saturated rings. The number of halogens is 2. The first-order valence-electron chi connectivity index (χ1n) is 11.2. The second kappa shape index (κ2) is 9.45. The van der Waals surface area contributed by atoms with Gasteiger partial charge in [-0.3, -0.25) is 0 Å². The summed E-state index contributed by atoms with van der Waals surface area (Å²) in [6, 6.07) is 12.6. The van der Waals surface area contributed by atoms with E-state index in [0.717, 1.165) is 42.0 Å². The molecular formula is C24H22F2N8O. The van der Waals surface area contributed by atoms with E-state index in [-0.39, 0.29) is 29.4 Å².